The number of rotatable bonds is 5. The topological polar surface area (TPSA) is 115 Å². The minimum absolute atomic E-state index is 0.250. The molecule has 108 valence electrons. The molecule has 2 rings (SSSR count). The number of nitrogens with two attached hydrogens (primary N) is 2. The number of thiophene rings is 1. The number of carbonyl (C=O) groups is 3. The van der Waals surface area contributed by atoms with Crippen LogP contribution in [0.15, 0.2) is 41.8 Å². The van der Waals surface area contributed by atoms with Crippen LogP contribution in [0.2, 0.25) is 0 Å². The van der Waals surface area contributed by atoms with E-state index in [-0.39, 0.29) is 10.4 Å². The Morgan fingerprint density at radius 2 is 1.76 bits per heavy atom. The maximum Gasteiger partial charge on any atom is 0.262 e. The van der Waals surface area contributed by atoms with Gasteiger partial charge in [0.25, 0.3) is 5.91 Å². The van der Waals surface area contributed by atoms with Crippen molar-refractivity contribution in [3.05, 3.63) is 57.8 Å². The van der Waals surface area contributed by atoms with E-state index in [4.69, 9.17) is 11.5 Å². The van der Waals surface area contributed by atoms with Crippen molar-refractivity contribution >= 4 is 29.1 Å². The fourth-order valence-corrected chi connectivity index (χ4v) is 2.55. The Morgan fingerprint density at radius 1 is 1.10 bits per heavy atom. The molecule has 6 nitrogen and oxygen atoms in total. The molecule has 0 aliphatic rings. The van der Waals surface area contributed by atoms with Crippen molar-refractivity contribution in [3.63, 3.8) is 0 Å². The average molecular weight is 303 g/mol. The fraction of sp³-hybridized carbons (Fsp3) is 0.0714. The summed E-state index contributed by atoms with van der Waals surface area (Å²) in [5.41, 5.74) is 11.3. The highest BCUT2D eigenvalue weighted by molar-refractivity contribution is 7.12. The lowest BCUT2D eigenvalue weighted by Gasteiger charge is -2.15. The first-order valence-electron chi connectivity index (χ1n) is 6.02. The molecule has 0 saturated heterocycles. The van der Waals surface area contributed by atoms with Gasteiger partial charge in [0.2, 0.25) is 11.8 Å². The predicted molar refractivity (Wildman–Crippen MR) is 78.7 cm³/mol. The summed E-state index contributed by atoms with van der Waals surface area (Å²) in [5, 5.41) is 4.03. The molecule has 21 heavy (non-hydrogen) atoms. The van der Waals surface area contributed by atoms with Gasteiger partial charge in [0.05, 0.1) is 10.4 Å². The normalized spacial score (nSPS) is 11.6. The smallest absolute Gasteiger partial charge is 0.262 e. The number of hydrogen-bond donors (Lipinski definition) is 3. The van der Waals surface area contributed by atoms with Gasteiger partial charge in [-0.15, -0.1) is 11.3 Å². The minimum atomic E-state index is -0.933. The molecule has 0 saturated carbocycles. The molecule has 2 aromatic rings. The molecule has 3 amide bonds. The largest absolute Gasteiger partial charge is 0.368 e. The lowest BCUT2D eigenvalue weighted by atomic mass is 10.1. The number of nitrogens with one attached hydrogen (secondary N) is 1. The van der Waals surface area contributed by atoms with E-state index in [0.717, 1.165) is 11.3 Å². The quantitative estimate of drug-likeness (QED) is 0.758. The molecule has 0 fully saturated rings. The molecule has 1 atom stereocenters. The first-order chi connectivity index (χ1) is 9.99. The molecule has 1 aromatic heterocycles. The Bertz CT molecular complexity index is 682. The van der Waals surface area contributed by atoms with Gasteiger partial charge in [0, 0.05) is 5.38 Å². The van der Waals surface area contributed by atoms with Crippen molar-refractivity contribution in [1.29, 1.82) is 0 Å². The zero-order chi connectivity index (χ0) is 15.4. The number of hydrogen-bond acceptors (Lipinski definition) is 4. The molecular formula is C14H13N3O3S. The highest BCUT2D eigenvalue weighted by Gasteiger charge is 2.21. The molecular weight excluding hydrogens is 290 g/mol. The third kappa shape index (κ3) is 3.46. The van der Waals surface area contributed by atoms with Gasteiger partial charge in [-0.25, -0.2) is 0 Å². The number of primary amides is 2. The average Bonchev–Trinajstić information content (AvgIpc) is 2.95. The van der Waals surface area contributed by atoms with Gasteiger partial charge in [-0.2, -0.15) is 0 Å². The van der Waals surface area contributed by atoms with Crippen LogP contribution in [0, 0.1) is 0 Å². The fourth-order valence-electron chi connectivity index (χ4n) is 1.75. The predicted octanol–water partition coefficient (Wildman–Crippen LogP) is 0.803. The van der Waals surface area contributed by atoms with E-state index in [1.807, 2.05) is 0 Å². The molecule has 0 radical (unpaired) electrons. The van der Waals surface area contributed by atoms with E-state index in [2.05, 4.69) is 5.32 Å². The van der Waals surface area contributed by atoms with Crippen molar-refractivity contribution in [3.8, 4) is 0 Å². The number of carbonyl (C=O) groups excluding carboxylic acids is 3. The second kappa shape index (κ2) is 6.19. The molecule has 0 unspecified atom stereocenters. The van der Waals surface area contributed by atoms with Gasteiger partial charge in [-0.05, 0) is 11.6 Å². The number of benzene rings is 1. The van der Waals surface area contributed by atoms with Crippen LogP contribution in [0.4, 0.5) is 0 Å². The third-order valence-electron chi connectivity index (χ3n) is 2.80. The van der Waals surface area contributed by atoms with E-state index in [1.165, 1.54) is 11.4 Å². The summed E-state index contributed by atoms with van der Waals surface area (Å²) in [6, 6.07) is 9.12. The Hall–Kier alpha value is -2.67. The van der Waals surface area contributed by atoms with E-state index in [1.54, 1.807) is 30.3 Å². The standard InChI is InChI=1S/C14H13N3O3S/c15-12(18)9-6-10(21-7-9)14(20)17-11(13(16)19)8-4-2-1-3-5-8/h1-7,11H,(H2,15,18)(H2,16,19)(H,17,20)/t11-/m0/s1. The van der Waals surface area contributed by atoms with E-state index in [9.17, 15) is 14.4 Å². The summed E-state index contributed by atoms with van der Waals surface area (Å²) in [5.74, 6) is -1.76. The Balaban J connectivity index is 2.19. The van der Waals surface area contributed by atoms with Crippen molar-refractivity contribution in [1.82, 2.24) is 5.32 Å². The molecule has 0 aliphatic heterocycles. The SMILES string of the molecule is NC(=O)c1csc(C(=O)N[C@H](C(N)=O)c2ccccc2)c1. The summed E-state index contributed by atoms with van der Waals surface area (Å²) in [6.07, 6.45) is 0. The molecule has 0 aliphatic carbocycles. The van der Waals surface area contributed by atoms with Crippen molar-refractivity contribution < 1.29 is 14.4 Å². The number of amides is 3. The Kier molecular flexibility index (Phi) is 4.34. The summed E-state index contributed by atoms with van der Waals surface area (Å²) >= 11 is 1.07. The Labute approximate surface area is 124 Å². The van der Waals surface area contributed by atoms with Crippen LogP contribution in [0.5, 0.6) is 0 Å². The van der Waals surface area contributed by atoms with Crippen molar-refractivity contribution in [2.24, 2.45) is 11.5 Å². The van der Waals surface area contributed by atoms with Gasteiger partial charge in [0.15, 0.2) is 0 Å². The van der Waals surface area contributed by atoms with Crippen LogP contribution in [-0.2, 0) is 4.79 Å². The summed E-state index contributed by atoms with van der Waals surface area (Å²) < 4.78 is 0. The monoisotopic (exact) mass is 303 g/mol. The van der Waals surface area contributed by atoms with Crippen LogP contribution in [0.25, 0.3) is 0 Å². The second-order valence-corrected chi connectivity index (χ2v) is 5.19. The molecule has 1 heterocycles. The van der Waals surface area contributed by atoms with Gasteiger partial charge < -0.3 is 16.8 Å². The van der Waals surface area contributed by atoms with Crippen LogP contribution >= 0.6 is 11.3 Å². The molecule has 1 aromatic carbocycles. The lowest BCUT2D eigenvalue weighted by Crippen LogP contribution is -2.37. The van der Waals surface area contributed by atoms with Crippen LogP contribution in [0.1, 0.15) is 31.6 Å². The van der Waals surface area contributed by atoms with Crippen LogP contribution in [-0.4, -0.2) is 17.7 Å². The molecule has 0 bridgehead atoms. The van der Waals surface area contributed by atoms with E-state index >= 15 is 0 Å². The van der Waals surface area contributed by atoms with Gasteiger partial charge in [-0.1, -0.05) is 30.3 Å². The summed E-state index contributed by atoms with van der Waals surface area (Å²) in [6.45, 7) is 0. The lowest BCUT2D eigenvalue weighted by molar-refractivity contribution is -0.120. The molecule has 7 heteroatoms. The zero-order valence-electron chi connectivity index (χ0n) is 10.9. The van der Waals surface area contributed by atoms with Crippen LogP contribution in [0.3, 0.4) is 0 Å². The highest BCUT2D eigenvalue weighted by atomic mass is 32.1. The van der Waals surface area contributed by atoms with Gasteiger partial charge in [0.1, 0.15) is 6.04 Å². The molecule has 5 N–H and O–H groups in total. The van der Waals surface area contributed by atoms with Crippen molar-refractivity contribution in [2.75, 3.05) is 0 Å². The second-order valence-electron chi connectivity index (χ2n) is 4.28. The third-order valence-corrected chi connectivity index (χ3v) is 3.73. The maximum absolute atomic E-state index is 12.1. The van der Waals surface area contributed by atoms with E-state index < -0.39 is 23.8 Å². The zero-order valence-corrected chi connectivity index (χ0v) is 11.7. The maximum atomic E-state index is 12.1. The van der Waals surface area contributed by atoms with Crippen molar-refractivity contribution in [2.45, 2.75) is 6.04 Å². The Morgan fingerprint density at radius 3 is 2.29 bits per heavy atom. The first-order valence-corrected chi connectivity index (χ1v) is 6.90. The minimum Gasteiger partial charge on any atom is -0.368 e. The summed E-state index contributed by atoms with van der Waals surface area (Å²) in [4.78, 5) is 34.9. The van der Waals surface area contributed by atoms with Gasteiger partial charge in [-0.3, -0.25) is 14.4 Å². The summed E-state index contributed by atoms with van der Waals surface area (Å²) in [7, 11) is 0. The molecule has 0 spiro atoms. The first kappa shape index (κ1) is 14.7. The van der Waals surface area contributed by atoms with Crippen LogP contribution < -0.4 is 16.8 Å². The van der Waals surface area contributed by atoms with Gasteiger partial charge >= 0.3 is 0 Å². The van der Waals surface area contributed by atoms with E-state index in [0.29, 0.717) is 5.56 Å². The highest BCUT2D eigenvalue weighted by Crippen LogP contribution is 2.17.